The van der Waals surface area contributed by atoms with Crippen molar-refractivity contribution < 1.29 is 4.21 Å². The van der Waals surface area contributed by atoms with Gasteiger partial charge in [-0.2, -0.15) is 0 Å². The van der Waals surface area contributed by atoms with Gasteiger partial charge in [-0.1, -0.05) is 6.92 Å². The second kappa shape index (κ2) is 4.98. The number of nitrogens with two attached hydrogens (primary N) is 1. The third-order valence-corrected chi connectivity index (χ3v) is 4.74. The van der Waals surface area contributed by atoms with Crippen LogP contribution in [0.3, 0.4) is 0 Å². The molecule has 1 unspecified atom stereocenters. The van der Waals surface area contributed by atoms with Gasteiger partial charge in [0.2, 0.25) is 0 Å². The van der Waals surface area contributed by atoms with Crippen molar-refractivity contribution >= 4 is 26.9 Å². The summed E-state index contributed by atoms with van der Waals surface area (Å²) in [5, 5.41) is 5.48. The standard InChI is InChI=1S/C10H18BrN3OS/c1-7(5-10(2,3)16(12)15)9-13-6-8(11)14(9)4/h6-7H,5,12H2,1-4H3/t7-,16?/m1/s1. The van der Waals surface area contributed by atoms with E-state index in [1.54, 1.807) is 6.20 Å². The lowest BCUT2D eigenvalue weighted by Gasteiger charge is -2.24. The SMILES string of the molecule is C[C@H](CC(C)(C)S(N)=O)c1ncc(Br)n1C. The van der Waals surface area contributed by atoms with Crippen LogP contribution in [-0.4, -0.2) is 18.5 Å². The van der Waals surface area contributed by atoms with Gasteiger partial charge in [-0.3, -0.25) is 5.14 Å². The Morgan fingerprint density at radius 3 is 2.62 bits per heavy atom. The van der Waals surface area contributed by atoms with E-state index >= 15 is 0 Å². The summed E-state index contributed by atoms with van der Waals surface area (Å²) in [6, 6.07) is 0. The Kier molecular flexibility index (Phi) is 4.31. The molecule has 1 aromatic rings. The van der Waals surface area contributed by atoms with Crippen molar-refractivity contribution in [3.8, 4) is 0 Å². The molecule has 0 saturated heterocycles. The summed E-state index contributed by atoms with van der Waals surface area (Å²) in [4.78, 5) is 4.34. The van der Waals surface area contributed by atoms with Crippen molar-refractivity contribution in [2.75, 3.05) is 0 Å². The third kappa shape index (κ3) is 2.93. The molecule has 2 N–H and O–H groups in total. The molecular weight excluding hydrogens is 290 g/mol. The predicted octanol–water partition coefficient (Wildman–Crippen LogP) is 2.08. The van der Waals surface area contributed by atoms with Gasteiger partial charge in [0.15, 0.2) is 0 Å². The summed E-state index contributed by atoms with van der Waals surface area (Å²) in [6.45, 7) is 5.90. The lowest BCUT2D eigenvalue weighted by Crippen LogP contribution is -2.33. The fourth-order valence-electron chi connectivity index (χ4n) is 1.77. The van der Waals surface area contributed by atoms with E-state index in [1.807, 2.05) is 25.5 Å². The molecule has 0 amide bonds. The topological polar surface area (TPSA) is 60.9 Å². The van der Waals surface area contributed by atoms with E-state index in [2.05, 4.69) is 27.8 Å². The quantitative estimate of drug-likeness (QED) is 0.925. The van der Waals surface area contributed by atoms with Crippen LogP contribution < -0.4 is 5.14 Å². The Morgan fingerprint density at radius 1 is 1.69 bits per heavy atom. The number of imidazole rings is 1. The Hall–Kier alpha value is -0.200. The van der Waals surface area contributed by atoms with E-state index in [0.717, 1.165) is 16.8 Å². The van der Waals surface area contributed by atoms with Gasteiger partial charge in [0.25, 0.3) is 0 Å². The first-order valence-electron chi connectivity index (χ1n) is 5.09. The van der Waals surface area contributed by atoms with Crippen LogP contribution in [0.2, 0.25) is 0 Å². The van der Waals surface area contributed by atoms with Crippen LogP contribution in [0.1, 0.15) is 38.9 Å². The maximum Gasteiger partial charge on any atom is 0.112 e. The van der Waals surface area contributed by atoms with Crippen LogP contribution in [0.4, 0.5) is 0 Å². The molecule has 0 spiro atoms. The van der Waals surface area contributed by atoms with Crippen LogP contribution in [0, 0.1) is 0 Å². The van der Waals surface area contributed by atoms with Gasteiger partial charge in [0.1, 0.15) is 10.4 Å². The minimum Gasteiger partial charge on any atom is -0.326 e. The molecule has 0 saturated carbocycles. The second-order valence-electron chi connectivity index (χ2n) is 4.66. The monoisotopic (exact) mass is 307 g/mol. The Bertz CT molecular complexity index is 403. The van der Waals surface area contributed by atoms with Crippen LogP contribution in [0.5, 0.6) is 0 Å². The number of nitrogens with zero attached hydrogens (tertiary/aromatic N) is 2. The summed E-state index contributed by atoms with van der Waals surface area (Å²) in [6.07, 6.45) is 2.52. The highest BCUT2D eigenvalue weighted by molar-refractivity contribution is 9.10. The molecule has 92 valence electrons. The highest BCUT2D eigenvalue weighted by Crippen LogP contribution is 2.28. The van der Waals surface area contributed by atoms with Crippen LogP contribution in [0.25, 0.3) is 0 Å². The zero-order valence-corrected chi connectivity index (χ0v) is 12.4. The number of halogens is 1. The molecule has 16 heavy (non-hydrogen) atoms. The summed E-state index contributed by atoms with van der Waals surface area (Å²) in [5.74, 6) is 1.20. The fourth-order valence-corrected chi connectivity index (χ4v) is 2.47. The van der Waals surface area contributed by atoms with Crippen molar-refractivity contribution in [1.29, 1.82) is 0 Å². The molecular formula is C10H18BrN3OS. The van der Waals surface area contributed by atoms with Gasteiger partial charge in [0.05, 0.1) is 21.9 Å². The molecule has 0 aliphatic carbocycles. The molecule has 1 heterocycles. The molecule has 0 aliphatic heterocycles. The van der Waals surface area contributed by atoms with Gasteiger partial charge in [-0.25, -0.2) is 9.19 Å². The van der Waals surface area contributed by atoms with Gasteiger partial charge < -0.3 is 4.57 Å². The molecule has 4 nitrogen and oxygen atoms in total. The maximum atomic E-state index is 11.4. The zero-order valence-electron chi connectivity index (χ0n) is 10.0. The van der Waals surface area contributed by atoms with Crippen molar-refractivity contribution in [1.82, 2.24) is 9.55 Å². The highest BCUT2D eigenvalue weighted by atomic mass is 79.9. The average Bonchev–Trinajstić information content (AvgIpc) is 2.46. The van der Waals surface area contributed by atoms with Crippen LogP contribution in [-0.2, 0) is 18.0 Å². The minimum atomic E-state index is -1.32. The molecule has 2 atom stereocenters. The van der Waals surface area contributed by atoms with E-state index in [-0.39, 0.29) is 5.92 Å². The lowest BCUT2D eigenvalue weighted by molar-refractivity contribution is 0.514. The molecule has 0 aromatic carbocycles. The predicted molar refractivity (Wildman–Crippen MR) is 70.3 cm³/mol. The van der Waals surface area contributed by atoms with E-state index < -0.39 is 15.7 Å². The lowest BCUT2D eigenvalue weighted by atomic mass is 9.97. The summed E-state index contributed by atoms with van der Waals surface area (Å²) >= 11 is 3.41. The number of aromatic nitrogens is 2. The Morgan fingerprint density at radius 2 is 2.25 bits per heavy atom. The minimum absolute atomic E-state index is 0.221. The smallest absolute Gasteiger partial charge is 0.112 e. The van der Waals surface area contributed by atoms with Gasteiger partial charge in [-0.05, 0) is 36.2 Å². The summed E-state index contributed by atoms with van der Waals surface area (Å²) < 4.78 is 13.9. The van der Waals surface area contributed by atoms with Gasteiger partial charge in [-0.15, -0.1) is 0 Å². The fraction of sp³-hybridized carbons (Fsp3) is 0.700. The van der Waals surface area contributed by atoms with Crippen molar-refractivity contribution in [3.05, 3.63) is 16.6 Å². The van der Waals surface area contributed by atoms with Gasteiger partial charge in [0, 0.05) is 13.0 Å². The molecule has 6 heteroatoms. The Labute approximate surface area is 107 Å². The first kappa shape index (κ1) is 13.9. The zero-order chi connectivity index (χ0) is 12.5. The molecule has 0 bridgehead atoms. The molecule has 1 rings (SSSR count). The van der Waals surface area contributed by atoms with E-state index in [9.17, 15) is 4.21 Å². The molecule has 0 fully saturated rings. The molecule has 0 radical (unpaired) electrons. The average molecular weight is 308 g/mol. The van der Waals surface area contributed by atoms with E-state index in [1.165, 1.54) is 0 Å². The van der Waals surface area contributed by atoms with Crippen LogP contribution in [0.15, 0.2) is 10.8 Å². The van der Waals surface area contributed by atoms with Gasteiger partial charge >= 0.3 is 0 Å². The number of hydrogen-bond donors (Lipinski definition) is 1. The normalized spacial score (nSPS) is 16.1. The number of hydrogen-bond acceptors (Lipinski definition) is 2. The summed E-state index contributed by atoms with van der Waals surface area (Å²) in [5.41, 5.74) is 0. The van der Waals surface area contributed by atoms with Crippen molar-refractivity contribution in [2.45, 2.75) is 37.9 Å². The maximum absolute atomic E-state index is 11.4. The first-order chi connectivity index (χ1) is 7.25. The third-order valence-electron chi connectivity index (χ3n) is 2.75. The van der Waals surface area contributed by atoms with E-state index in [0.29, 0.717) is 0 Å². The van der Waals surface area contributed by atoms with Crippen molar-refractivity contribution in [3.63, 3.8) is 0 Å². The highest BCUT2D eigenvalue weighted by Gasteiger charge is 2.28. The van der Waals surface area contributed by atoms with E-state index in [4.69, 9.17) is 5.14 Å². The molecule has 1 aromatic heterocycles. The Balaban J connectivity index is 2.84. The summed E-state index contributed by atoms with van der Waals surface area (Å²) in [7, 11) is 0.635. The molecule has 0 aliphatic rings. The van der Waals surface area contributed by atoms with Crippen molar-refractivity contribution in [2.24, 2.45) is 12.2 Å². The first-order valence-corrected chi connectivity index (χ1v) is 7.09. The largest absolute Gasteiger partial charge is 0.326 e. The number of rotatable bonds is 4. The van der Waals surface area contributed by atoms with Crippen LogP contribution >= 0.6 is 15.9 Å². The second-order valence-corrected chi connectivity index (χ2v) is 7.17.